The zero-order valence-electron chi connectivity index (χ0n) is 5.13. The summed E-state index contributed by atoms with van der Waals surface area (Å²) in [6.07, 6.45) is 0. The fourth-order valence-electron chi connectivity index (χ4n) is 0.606. The van der Waals surface area contributed by atoms with Crippen LogP contribution in [-0.4, -0.2) is 0 Å². The molecule has 0 saturated carbocycles. The van der Waals surface area contributed by atoms with E-state index in [2.05, 4.69) is 0 Å². The van der Waals surface area contributed by atoms with Gasteiger partial charge in [-0.2, -0.15) is 0 Å². The Balaban J connectivity index is 2.80. The van der Waals surface area contributed by atoms with Crippen molar-refractivity contribution in [3.05, 3.63) is 24.3 Å². The molecular weight excluding hydrogens is 132 g/mol. The van der Waals surface area contributed by atoms with Gasteiger partial charge >= 0.3 is 0 Å². The Bertz CT molecular complexity index is 174. The van der Waals surface area contributed by atoms with Gasteiger partial charge in [0.05, 0.1) is 11.4 Å². The van der Waals surface area contributed by atoms with Gasteiger partial charge in [-0.05, 0) is 24.3 Å². The molecule has 10 heavy (non-hydrogen) atoms. The second kappa shape index (κ2) is 3.05. The van der Waals surface area contributed by atoms with Gasteiger partial charge in [0, 0.05) is 0 Å². The molecule has 0 unspecified atom stereocenters. The average molecular weight is 138 g/mol. The summed E-state index contributed by atoms with van der Waals surface area (Å²) >= 11 is 0. The summed E-state index contributed by atoms with van der Waals surface area (Å²) in [5.41, 5.74) is 4.28. The molecule has 0 aliphatic heterocycles. The molecule has 0 aliphatic rings. The van der Waals surface area contributed by atoms with Crippen LogP contribution in [0.4, 0.5) is 11.4 Å². The van der Waals surface area contributed by atoms with Crippen molar-refractivity contribution in [3.63, 3.8) is 0 Å². The van der Waals surface area contributed by atoms with E-state index < -0.39 is 0 Å². The predicted molar refractivity (Wildman–Crippen MR) is 35.1 cm³/mol. The number of anilines is 2. The lowest BCUT2D eigenvalue weighted by Crippen LogP contribution is -1.88. The average Bonchev–Trinajstić information content (AvgIpc) is 2.05. The normalized spacial score (nSPS) is 9.00. The summed E-state index contributed by atoms with van der Waals surface area (Å²) in [6, 6.07) is 6.08. The molecule has 0 fully saturated rings. The van der Waals surface area contributed by atoms with E-state index in [1.807, 2.05) is 0 Å². The molecule has 0 spiro atoms. The molecule has 0 aliphatic carbocycles. The molecule has 2 radical (unpaired) electrons. The van der Waals surface area contributed by atoms with E-state index in [4.69, 9.17) is 0 Å². The Kier molecular flexibility index (Phi) is 2.09. The SMILES string of the molecule is [O]Nc1ccc(N[O])cc1. The molecule has 0 atom stereocenters. The van der Waals surface area contributed by atoms with Gasteiger partial charge in [0.25, 0.3) is 0 Å². The first-order chi connectivity index (χ1) is 4.86. The fraction of sp³-hybridized carbons (Fsp3) is 0. The minimum atomic E-state index is 0.444. The van der Waals surface area contributed by atoms with Crippen LogP contribution in [0.25, 0.3) is 0 Å². The van der Waals surface area contributed by atoms with Crippen molar-refractivity contribution in [2.45, 2.75) is 0 Å². The van der Waals surface area contributed by atoms with Crippen LogP contribution in [0, 0.1) is 0 Å². The monoisotopic (exact) mass is 138 g/mol. The summed E-state index contributed by atoms with van der Waals surface area (Å²) in [5.74, 6) is 0. The summed E-state index contributed by atoms with van der Waals surface area (Å²) in [5, 5.41) is 20.0. The highest BCUT2D eigenvalue weighted by atomic mass is 16.5. The van der Waals surface area contributed by atoms with Crippen LogP contribution in [0.1, 0.15) is 0 Å². The van der Waals surface area contributed by atoms with Crippen LogP contribution in [-0.2, 0) is 10.4 Å². The Morgan fingerprint density at radius 2 is 1.10 bits per heavy atom. The molecule has 1 aromatic carbocycles. The van der Waals surface area contributed by atoms with Crippen molar-refractivity contribution in [2.75, 3.05) is 11.0 Å². The molecule has 1 aromatic rings. The van der Waals surface area contributed by atoms with Crippen LogP contribution in [0.2, 0.25) is 0 Å². The maximum atomic E-state index is 9.98. The third-order valence-electron chi connectivity index (χ3n) is 1.12. The van der Waals surface area contributed by atoms with E-state index in [-0.39, 0.29) is 0 Å². The van der Waals surface area contributed by atoms with Gasteiger partial charge in [0.2, 0.25) is 0 Å². The molecule has 0 aromatic heterocycles. The van der Waals surface area contributed by atoms with Crippen LogP contribution >= 0.6 is 0 Å². The highest BCUT2D eigenvalue weighted by Gasteiger charge is 1.89. The van der Waals surface area contributed by atoms with Crippen LogP contribution in [0.5, 0.6) is 0 Å². The molecule has 0 heterocycles. The first kappa shape index (κ1) is 6.85. The second-order valence-corrected chi connectivity index (χ2v) is 1.78. The smallest absolute Gasteiger partial charge is 0.0637 e. The second-order valence-electron chi connectivity index (χ2n) is 1.78. The number of benzene rings is 1. The number of rotatable bonds is 2. The van der Waals surface area contributed by atoms with Gasteiger partial charge in [0.15, 0.2) is 0 Å². The minimum absolute atomic E-state index is 0.444. The van der Waals surface area contributed by atoms with Gasteiger partial charge in [-0.1, -0.05) is 10.4 Å². The van der Waals surface area contributed by atoms with Crippen molar-refractivity contribution in [2.24, 2.45) is 0 Å². The Hall–Kier alpha value is -1.26. The Morgan fingerprint density at radius 3 is 1.30 bits per heavy atom. The van der Waals surface area contributed by atoms with Gasteiger partial charge in [-0.3, -0.25) is 0 Å². The molecule has 1 rings (SSSR count). The third-order valence-corrected chi connectivity index (χ3v) is 1.12. The van der Waals surface area contributed by atoms with Crippen LogP contribution < -0.4 is 11.0 Å². The van der Waals surface area contributed by atoms with Crippen LogP contribution in [0.15, 0.2) is 24.3 Å². The highest BCUT2D eigenvalue weighted by Crippen LogP contribution is 2.11. The quantitative estimate of drug-likeness (QED) is 0.603. The Labute approximate surface area is 58.0 Å². The van der Waals surface area contributed by atoms with Crippen molar-refractivity contribution in [3.8, 4) is 0 Å². The van der Waals surface area contributed by atoms with E-state index in [0.717, 1.165) is 0 Å². The largest absolute Gasteiger partial charge is 0.233 e. The molecular formula is C6H6N2O2. The lowest BCUT2D eigenvalue weighted by molar-refractivity contribution is 0.272. The maximum absolute atomic E-state index is 9.98. The number of nitrogens with one attached hydrogen (secondary N) is 2. The lowest BCUT2D eigenvalue weighted by Gasteiger charge is -1.96. The maximum Gasteiger partial charge on any atom is 0.0637 e. The summed E-state index contributed by atoms with van der Waals surface area (Å²) in [6.45, 7) is 0. The molecule has 0 amide bonds. The lowest BCUT2D eigenvalue weighted by atomic mass is 10.3. The Morgan fingerprint density at radius 1 is 0.800 bits per heavy atom. The first-order valence-electron chi connectivity index (χ1n) is 2.73. The van der Waals surface area contributed by atoms with E-state index in [9.17, 15) is 10.4 Å². The van der Waals surface area contributed by atoms with Crippen LogP contribution in [0.3, 0.4) is 0 Å². The molecule has 0 saturated heterocycles. The van der Waals surface area contributed by atoms with Gasteiger partial charge in [0.1, 0.15) is 0 Å². The summed E-state index contributed by atoms with van der Waals surface area (Å²) in [4.78, 5) is 0. The zero-order valence-corrected chi connectivity index (χ0v) is 5.13. The minimum Gasteiger partial charge on any atom is -0.233 e. The molecule has 0 bridgehead atoms. The van der Waals surface area contributed by atoms with Gasteiger partial charge in [-0.25, -0.2) is 11.0 Å². The molecule has 4 heteroatoms. The molecule has 4 nitrogen and oxygen atoms in total. The van der Waals surface area contributed by atoms with E-state index in [1.165, 1.54) is 24.3 Å². The zero-order chi connectivity index (χ0) is 7.40. The third kappa shape index (κ3) is 1.37. The summed E-state index contributed by atoms with van der Waals surface area (Å²) < 4.78 is 0. The van der Waals surface area contributed by atoms with Crippen molar-refractivity contribution in [1.29, 1.82) is 0 Å². The van der Waals surface area contributed by atoms with E-state index in [1.54, 1.807) is 11.0 Å². The first-order valence-corrected chi connectivity index (χ1v) is 2.73. The summed E-state index contributed by atoms with van der Waals surface area (Å²) in [7, 11) is 0. The highest BCUT2D eigenvalue weighted by molar-refractivity contribution is 5.51. The van der Waals surface area contributed by atoms with Crippen molar-refractivity contribution >= 4 is 11.4 Å². The van der Waals surface area contributed by atoms with Gasteiger partial charge in [-0.15, -0.1) is 0 Å². The van der Waals surface area contributed by atoms with Crippen molar-refractivity contribution in [1.82, 2.24) is 0 Å². The topological polar surface area (TPSA) is 63.9 Å². The molecule has 52 valence electrons. The van der Waals surface area contributed by atoms with Crippen molar-refractivity contribution < 1.29 is 10.4 Å². The fourth-order valence-corrected chi connectivity index (χ4v) is 0.606. The number of hydrogen-bond acceptors (Lipinski definition) is 2. The number of hydrogen-bond donors (Lipinski definition) is 2. The van der Waals surface area contributed by atoms with E-state index in [0.29, 0.717) is 11.4 Å². The van der Waals surface area contributed by atoms with Gasteiger partial charge < -0.3 is 0 Å². The molecule has 2 N–H and O–H groups in total. The predicted octanol–water partition coefficient (Wildman–Crippen LogP) is 1.20. The standard InChI is InChI=1S/C6H6N2O2/c9-7-5-1-2-6(8-10)4-3-5/h1-4,7-8H. The van der Waals surface area contributed by atoms with E-state index >= 15 is 0 Å².